The Balaban J connectivity index is 1.02. The number of anilines is 1. The van der Waals surface area contributed by atoms with E-state index in [-0.39, 0.29) is 35.7 Å². The van der Waals surface area contributed by atoms with Gasteiger partial charge in [0.05, 0.1) is 35.4 Å². The lowest BCUT2D eigenvalue weighted by atomic mass is 9.88. The molecule has 1 atom stereocenters. The van der Waals surface area contributed by atoms with Crippen LogP contribution in [0.15, 0.2) is 59.7 Å². The monoisotopic (exact) mass is 710 g/mol. The van der Waals surface area contributed by atoms with E-state index < -0.39 is 11.0 Å². The first kappa shape index (κ1) is 37.1. The first-order valence-corrected chi connectivity index (χ1v) is 18.5. The fourth-order valence-corrected chi connectivity index (χ4v) is 7.23. The number of aromatic nitrogens is 2. The second-order valence-electron chi connectivity index (χ2n) is 14.9. The number of likely N-dealkylation sites (N-methyl/N-ethyl adjacent to an activating group) is 1. The maximum Gasteiger partial charge on any atom is 0.261 e. The fourth-order valence-electron chi connectivity index (χ4n) is 7.23. The van der Waals surface area contributed by atoms with Crippen molar-refractivity contribution in [3.05, 3.63) is 70.8 Å². The molecule has 3 heterocycles. The highest BCUT2D eigenvalue weighted by Gasteiger charge is 2.50. The number of fused-ring (bicyclic) bond motifs is 1. The van der Waals surface area contributed by atoms with Gasteiger partial charge in [-0.25, -0.2) is 4.98 Å². The predicted octanol–water partition coefficient (Wildman–Crippen LogP) is 2.39. The Kier molecular flexibility index (Phi) is 11.7. The highest BCUT2D eigenvalue weighted by atomic mass is 16.3. The summed E-state index contributed by atoms with van der Waals surface area (Å²) >= 11 is 0. The summed E-state index contributed by atoms with van der Waals surface area (Å²) in [6, 6.07) is 17.0. The first-order chi connectivity index (χ1) is 25.1. The summed E-state index contributed by atoms with van der Waals surface area (Å²) in [7, 11) is 2.10. The molecule has 13 nitrogen and oxygen atoms in total. The van der Waals surface area contributed by atoms with Crippen molar-refractivity contribution in [2.24, 2.45) is 11.3 Å². The van der Waals surface area contributed by atoms with Gasteiger partial charge in [-0.2, -0.15) is 5.26 Å². The molecule has 3 aromatic rings. The van der Waals surface area contributed by atoms with Gasteiger partial charge in [-0.15, -0.1) is 0 Å². The number of rotatable bonds is 14. The average molecular weight is 711 g/mol. The molecule has 13 heteroatoms. The van der Waals surface area contributed by atoms with Crippen molar-refractivity contribution in [2.75, 3.05) is 64.7 Å². The van der Waals surface area contributed by atoms with Crippen LogP contribution in [0.2, 0.25) is 0 Å². The number of benzene rings is 2. The van der Waals surface area contributed by atoms with Crippen LogP contribution in [-0.2, 0) is 27.3 Å². The number of hydrogen-bond donors (Lipinski definition) is 3. The van der Waals surface area contributed by atoms with Gasteiger partial charge >= 0.3 is 0 Å². The third-order valence-electron chi connectivity index (χ3n) is 10.9. The number of piperazine rings is 1. The molecule has 2 aliphatic heterocycles. The highest BCUT2D eigenvalue weighted by molar-refractivity contribution is 5.93. The SMILES string of the molecule is CN1CCN(CCC(=O)Nc2ccc3c(=O)n(CC4(O)CCN(C(=O)C(CCCNC(=O)C5(C#N)CC5)Cc5ccccc5)CC4)cnc3c2)CC1. The molecular formula is C39H50N8O5. The standard InChI is InChI=1S/C39H50N8O5/c1-44-20-22-45(23-21-44)17-11-34(48)43-31-9-10-32-33(25-31)42-28-47(36(32)50)27-39(52)14-18-46(19-15-39)35(49)30(24-29-6-3-2-4-7-29)8-5-16-41-37(51)38(26-40)12-13-38/h2-4,6-7,9-10,25,28,30,52H,5,8,11-24,27H2,1H3,(H,41,51)(H,43,48). The van der Waals surface area contributed by atoms with E-state index in [1.54, 1.807) is 23.1 Å². The maximum absolute atomic E-state index is 13.8. The minimum atomic E-state index is -1.19. The molecule has 276 valence electrons. The summed E-state index contributed by atoms with van der Waals surface area (Å²) in [5.41, 5.74) is -0.234. The van der Waals surface area contributed by atoms with Crippen LogP contribution in [0.5, 0.6) is 0 Å². The van der Waals surface area contributed by atoms with E-state index in [0.717, 1.165) is 31.7 Å². The van der Waals surface area contributed by atoms with Crippen LogP contribution in [0.4, 0.5) is 5.69 Å². The number of piperidine rings is 1. The number of likely N-dealkylation sites (tertiary alicyclic amines) is 1. The Hall–Kier alpha value is -4.64. The van der Waals surface area contributed by atoms with Crippen molar-refractivity contribution < 1.29 is 19.5 Å². The highest BCUT2D eigenvalue weighted by Crippen LogP contribution is 2.45. The number of hydrogen-bond acceptors (Lipinski definition) is 9. The second kappa shape index (κ2) is 16.4. The predicted molar refractivity (Wildman–Crippen MR) is 197 cm³/mol. The normalized spacial score (nSPS) is 19.1. The Morgan fingerprint density at radius 1 is 1.00 bits per heavy atom. The average Bonchev–Trinajstić information content (AvgIpc) is 3.96. The van der Waals surface area contributed by atoms with Crippen molar-refractivity contribution in [2.45, 2.75) is 63.5 Å². The van der Waals surface area contributed by atoms with Gasteiger partial charge in [0, 0.05) is 70.4 Å². The molecule has 0 spiro atoms. The number of nitrogens with one attached hydrogen (secondary N) is 2. The van der Waals surface area contributed by atoms with E-state index in [1.165, 1.54) is 10.9 Å². The molecule has 2 aromatic carbocycles. The largest absolute Gasteiger partial charge is 0.388 e. The van der Waals surface area contributed by atoms with Crippen LogP contribution in [-0.4, -0.2) is 112 Å². The lowest BCUT2D eigenvalue weighted by Crippen LogP contribution is -2.51. The molecule has 52 heavy (non-hydrogen) atoms. The second-order valence-corrected chi connectivity index (χ2v) is 14.9. The zero-order valence-electron chi connectivity index (χ0n) is 30.1. The summed E-state index contributed by atoms with van der Waals surface area (Å²) < 4.78 is 1.43. The molecule has 1 aliphatic carbocycles. The minimum absolute atomic E-state index is 0.0136. The number of carbonyl (C=O) groups excluding carboxylic acids is 3. The number of carbonyl (C=O) groups is 3. The molecule has 3 fully saturated rings. The molecule has 1 aromatic heterocycles. The van der Waals surface area contributed by atoms with Gasteiger partial charge in [-0.05, 0) is 75.8 Å². The van der Waals surface area contributed by atoms with Gasteiger partial charge in [0.2, 0.25) is 17.7 Å². The molecule has 6 rings (SSSR count). The molecule has 0 radical (unpaired) electrons. The topological polar surface area (TPSA) is 164 Å². The molecule has 3 N–H and O–H groups in total. The van der Waals surface area contributed by atoms with E-state index in [2.05, 4.69) is 38.5 Å². The Morgan fingerprint density at radius 3 is 2.42 bits per heavy atom. The molecule has 3 amide bonds. The fraction of sp³-hybridized carbons (Fsp3) is 0.538. The Bertz CT molecular complexity index is 1840. The third kappa shape index (κ3) is 9.23. The first-order valence-electron chi connectivity index (χ1n) is 18.5. The maximum atomic E-state index is 13.8. The van der Waals surface area contributed by atoms with Gasteiger partial charge in [0.1, 0.15) is 5.41 Å². The van der Waals surface area contributed by atoms with Crippen LogP contribution in [0.3, 0.4) is 0 Å². The van der Waals surface area contributed by atoms with Crippen LogP contribution in [0.1, 0.15) is 50.5 Å². The van der Waals surface area contributed by atoms with Gasteiger partial charge < -0.3 is 30.4 Å². The van der Waals surface area contributed by atoms with Crippen LogP contribution >= 0.6 is 0 Å². The van der Waals surface area contributed by atoms with E-state index in [1.807, 2.05) is 30.3 Å². The lowest BCUT2D eigenvalue weighted by molar-refractivity contribution is -0.140. The van der Waals surface area contributed by atoms with E-state index in [0.29, 0.717) is 94.1 Å². The van der Waals surface area contributed by atoms with Crippen molar-refractivity contribution in [3.63, 3.8) is 0 Å². The number of nitriles is 1. The van der Waals surface area contributed by atoms with Crippen molar-refractivity contribution >= 4 is 34.3 Å². The van der Waals surface area contributed by atoms with Crippen molar-refractivity contribution in [1.82, 2.24) is 29.6 Å². The third-order valence-corrected chi connectivity index (χ3v) is 10.9. The molecular weight excluding hydrogens is 660 g/mol. The lowest BCUT2D eigenvalue weighted by Gasteiger charge is -2.39. The molecule has 2 saturated heterocycles. The summed E-state index contributed by atoms with van der Waals surface area (Å²) in [5, 5.41) is 27.1. The van der Waals surface area contributed by atoms with Gasteiger partial charge in [-0.1, -0.05) is 30.3 Å². The zero-order chi connectivity index (χ0) is 36.7. The van der Waals surface area contributed by atoms with Crippen LogP contribution < -0.4 is 16.2 Å². The molecule has 3 aliphatic rings. The van der Waals surface area contributed by atoms with E-state index in [4.69, 9.17) is 0 Å². The molecule has 0 bridgehead atoms. The zero-order valence-corrected chi connectivity index (χ0v) is 30.1. The van der Waals surface area contributed by atoms with Gasteiger partial charge in [0.25, 0.3) is 5.56 Å². The van der Waals surface area contributed by atoms with Crippen LogP contribution in [0.25, 0.3) is 10.9 Å². The smallest absolute Gasteiger partial charge is 0.261 e. The summed E-state index contributed by atoms with van der Waals surface area (Å²) in [5.74, 6) is -0.593. The summed E-state index contributed by atoms with van der Waals surface area (Å²) in [6.07, 6.45) is 5.39. The molecule has 1 unspecified atom stereocenters. The minimum Gasteiger partial charge on any atom is -0.388 e. The van der Waals surface area contributed by atoms with Gasteiger partial charge in [0.15, 0.2) is 0 Å². The quantitative estimate of drug-likeness (QED) is 0.213. The van der Waals surface area contributed by atoms with Crippen molar-refractivity contribution in [1.29, 1.82) is 5.26 Å². The number of amides is 3. The number of aliphatic hydroxyl groups is 1. The van der Waals surface area contributed by atoms with Gasteiger partial charge in [-0.3, -0.25) is 23.7 Å². The molecule has 1 saturated carbocycles. The van der Waals surface area contributed by atoms with E-state index >= 15 is 0 Å². The Labute approximate surface area is 304 Å². The summed E-state index contributed by atoms with van der Waals surface area (Å²) in [4.78, 5) is 63.2. The van der Waals surface area contributed by atoms with Crippen molar-refractivity contribution in [3.8, 4) is 6.07 Å². The summed E-state index contributed by atoms with van der Waals surface area (Å²) in [6.45, 7) is 5.77. The van der Waals surface area contributed by atoms with E-state index in [9.17, 15) is 29.5 Å². The number of nitrogens with zero attached hydrogens (tertiary/aromatic N) is 6. The Morgan fingerprint density at radius 2 is 1.73 bits per heavy atom. The van der Waals surface area contributed by atoms with Crippen LogP contribution in [0, 0.1) is 22.7 Å².